The van der Waals surface area contributed by atoms with Crippen LogP contribution in [0.25, 0.3) is 0 Å². The van der Waals surface area contributed by atoms with Crippen LogP contribution in [0.1, 0.15) is 34.7 Å². The average Bonchev–Trinajstić information content (AvgIpc) is 3.24. The summed E-state index contributed by atoms with van der Waals surface area (Å²) < 4.78 is 6.10. The maximum atomic E-state index is 12.9. The van der Waals surface area contributed by atoms with E-state index in [1.54, 1.807) is 18.3 Å². The molecule has 1 fully saturated rings. The third kappa shape index (κ3) is 3.74. The molecule has 0 saturated carbocycles. The summed E-state index contributed by atoms with van der Waals surface area (Å²) in [5.74, 6) is 1.78. The Labute approximate surface area is 175 Å². The summed E-state index contributed by atoms with van der Waals surface area (Å²) in [6.07, 6.45) is 3.46. The number of para-hydroxylation sites is 2. The number of benzene rings is 2. The fraction of sp³-hybridized carbons (Fsp3) is 0.250. The lowest BCUT2D eigenvalue weighted by atomic mass is 9.91. The lowest BCUT2D eigenvalue weighted by Gasteiger charge is -2.24. The highest BCUT2D eigenvalue weighted by Crippen LogP contribution is 2.34. The van der Waals surface area contributed by atoms with Gasteiger partial charge in [-0.1, -0.05) is 18.2 Å². The van der Waals surface area contributed by atoms with Crippen molar-refractivity contribution in [2.75, 3.05) is 23.7 Å². The van der Waals surface area contributed by atoms with Crippen molar-refractivity contribution < 1.29 is 9.53 Å². The van der Waals surface area contributed by atoms with Crippen LogP contribution in [-0.2, 0) is 0 Å². The van der Waals surface area contributed by atoms with Gasteiger partial charge in [-0.05, 0) is 74.3 Å². The average molecular weight is 400 g/mol. The molecule has 0 amide bonds. The number of rotatable bonds is 5. The summed E-state index contributed by atoms with van der Waals surface area (Å²) in [5.41, 5.74) is 3.66. The van der Waals surface area contributed by atoms with E-state index in [-0.39, 0.29) is 5.78 Å². The molecule has 2 aliphatic heterocycles. The first kappa shape index (κ1) is 18.6. The molecule has 1 saturated heterocycles. The molecule has 1 aromatic heterocycles. The Morgan fingerprint density at radius 2 is 1.60 bits per heavy atom. The normalized spacial score (nSPS) is 16.4. The summed E-state index contributed by atoms with van der Waals surface area (Å²) in [6.45, 7) is 2.03. The molecule has 2 aromatic carbocycles. The van der Waals surface area contributed by atoms with Crippen molar-refractivity contribution >= 4 is 17.2 Å². The van der Waals surface area contributed by atoms with Crippen LogP contribution in [0, 0.1) is 0 Å². The minimum Gasteiger partial charge on any atom is -0.439 e. The second kappa shape index (κ2) is 8.16. The van der Waals surface area contributed by atoms with Crippen molar-refractivity contribution in [2.24, 2.45) is 0 Å². The van der Waals surface area contributed by atoms with Gasteiger partial charge in [0.25, 0.3) is 0 Å². The third-order valence-corrected chi connectivity index (χ3v) is 5.72. The van der Waals surface area contributed by atoms with Gasteiger partial charge in [-0.2, -0.15) is 0 Å². The number of carbonyl (C=O) groups is 1. The number of hydrogen-bond acceptors (Lipinski definition) is 6. The van der Waals surface area contributed by atoms with Crippen LogP contribution in [0.4, 0.5) is 11.4 Å². The van der Waals surface area contributed by atoms with Gasteiger partial charge in [-0.3, -0.25) is 4.79 Å². The first-order valence-electron chi connectivity index (χ1n) is 10.4. The smallest absolute Gasteiger partial charge is 0.222 e. The number of aromatic nitrogens is 1. The summed E-state index contributed by atoms with van der Waals surface area (Å²) in [4.78, 5) is 17.3. The number of pyridine rings is 1. The molecular formula is C24H24N4O2. The molecular weight excluding hydrogens is 376 g/mol. The lowest BCUT2D eigenvalue weighted by Crippen LogP contribution is -2.32. The van der Waals surface area contributed by atoms with Crippen LogP contribution in [0.2, 0.25) is 0 Å². The number of anilines is 2. The van der Waals surface area contributed by atoms with Crippen LogP contribution in [0.15, 0.2) is 66.9 Å². The van der Waals surface area contributed by atoms with Crippen molar-refractivity contribution in [3.8, 4) is 11.6 Å². The predicted octanol–water partition coefficient (Wildman–Crippen LogP) is 4.39. The predicted molar refractivity (Wildman–Crippen MR) is 117 cm³/mol. The number of Topliss-reactive ketones (excluding diaryl/α,β-unsaturated/α-hetero) is 1. The van der Waals surface area contributed by atoms with Gasteiger partial charge in [0.15, 0.2) is 6.17 Å². The summed E-state index contributed by atoms with van der Waals surface area (Å²) in [7, 11) is 0. The van der Waals surface area contributed by atoms with Gasteiger partial charge in [-0.15, -0.1) is 0 Å². The summed E-state index contributed by atoms with van der Waals surface area (Å²) >= 11 is 0. The van der Waals surface area contributed by atoms with Gasteiger partial charge in [0.2, 0.25) is 11.7 Å². The van der Waals surface area contributed by atoms with Gasteiger partial charge in [0, 0.05) is 17.3 Å². The quantitative estimate of drug-likeness (QED) is 0.552. The van der Waals surface area contributed by atoms with Crippen LogP contribution in [-0.4, -0.2) is 30.0 Å². The summed E-state index contributed by atoms with van der Waals surface area (Å²) in [6, 6.07) is 19.1. The van der Waals surface area contributed by atoms with Crippen LogP contribution >= 0.6 is 0 Å². The van der Waals surface area contributed by atoms with Crippen LogP contribution in [0.3, 0.4) is 0 Å². The maximum Gasteiger partial charge on any atom is 0.222 e. The fourth-order valence-electron chi connectivity index (χ4n) is 4.11. The molecule has 0 aliphatic carbocycles. The number of ether oxygens (including phenoxy) is 1. The largest absolute Gasteiger partial charge is 0.439 e. The molecule has 0 atom stereocenters. The van der Waals surface area contributed by atoms with Crippen molar-refractivity contribution in [2.45, 2.75) is 24.9 Å². The zero-order valence-electron chi connectivity index (χ0n) is 16.6. The second-order valence-electron chi connectivity index (χ2n) is 7.68. The van der Waals surface area contributed by atoms with Gasteiger partial charge in [0.1, 0.15) is 5.75 Å². The van der Waals surface area contributed by atoms with Crippen LogP contribution in [0.5, 0.6) is 11.6 Å². The molecule has 3 aromatic rings. The first-order valence-corrected chi connectivity index (χ1v) is 10.4. The standard InChI is InChI=1S/C24H24N4O2/c29-22(23-27-20-5-1-2-6-21(20)28-23)17-7-9-18(10-8-17)30-24-19(4-3-13-26-24)16-11-14-25-15-12-16/h1-10,13,16,23,25,27-28H,11-12,14-15H2. The van der Waals surface area contributed by atoms with E-state index in [0.717, 1.165) is 42.9 Å². The van der Waals surface area contributed by atoms with Crippen molar-refractivity contribution in [1.29, 1.82) is 0 Å². The highest BCUT2D eigenvalue weighted by molar-refractivity contribution is 6.05. The molecule has 6 heteroatoms. The van der Waals surface area contributed by atoms with E-state index in [9.17, 15) is 4.79 Å². The van der Waals surface area contributed by atoms with Crippen molar-refractivity contribution in [1.82, 2.24) is 10.3 Å². The Morgan fingerprint density at radius 3 is 2.30 bits per heavy atom. The molecule has 0 radical (unpaired) electrons. The van der Waals surface area contributed by atoms with E-state index in [1.807, 2.05) is 42.5 Å². The van der Waals surface area contributed by atoms with E-state index < -0.39 is 6.17 Å². The number of fused-ring (bicyclic) bond motifs is 1. The molecule has 0 spiro atoms. The van der Waals surface area contributed by atoms with Gasteiger partial charge in [0.05, 0.1) is 11.4 Å². The highest BCUT2D eigenvalue weighted by atomic mass is 16.5. The monoisotopic (exact) mass is 400 g/mol. The molecule has 2 aliphatic rings. The van der Waals surface area contributed by atoms with E-state index in [4.69, 9.17) is 4.74 Å². The topological polar surface area (TPSA) is 75.3 Å². The highest BCUT2D eigenvalue weighted by Gasteiger charge is 2.26. The van der Waals surface area contributed by atoms with E-state index in [2.05, 4.69) is 27.0 Å². The van der Waals surface area contributed by atoms with Crippen molar-refractivity contribution in [3.05, 3.63) is 78.0 Å². The van der Waals surface area contributed by atoms with Gasteiger partial charge >= 0.3 is 0 Å². The maximum absolute atomic E-state index is 12.9. The Hall–Kier alpha value is -3.38. The molecule has 5 rings (SSSR count). The van der Waals surface area contributed by atoms with E-state index in [1.165, 1.54) is 0 Å². The SMILES string of the molecule is O=C(c1ccc(Oc2ncccc2C2CCNCC2)cc1)C1Nc2ccccc2N1. The van der Waals surface area contributed by atoms with E-state index >= 15 is 0 Å². The number of piperidine rings is 1. The van der Waals surface area contributed by atoms with Crippen molar-refractivity contribution in [3.63, 3.8) is 0 Å². The molecule has 3 N–H and O–H groups in total. The molecule has 0 unspecified atom stereocenters. The number of nitrogens with zero attached hydrogens (tertiary/aromatic N) is 1. The minimum atomic E-state index is -0.462. The molecule has 0 bridgehead atoms. The second-order valence-corrected chi connectivity index (χ2v) is 7.68. The zero-order chi connectivity index (χ0) is 20.3. The molecule has 3 heterocycles. The zero-order valence-corrected chi connectivity index (χ0v) is 16.6. The number of carbonyl (C=O) groups excluding carboxylic acids is 1. The van der Waals surface area contributed by atoms with E-state index in [0.29, 0.717) is 23.1 Å². The lowest BCUT2D eigenvalue weighted by molar-refractivity contribution is 0.0980. The van der Waals surface area contributed by atoms with Gasteiger partial charge < -0.3 is 20.7 Å². The first-order chi connectivity index (χ1) is 14.8. The van der Waals surface area contributed by atoms with Crippen LogP contribution < -0.4 is 20.7 Å². The fourth-order valence-corrected chi connectivity index (χ4v) is 4.11. The molecule has 30 heavy (non-hydrogen) atoms. The Balaban J connectivity index is 1.29. The third-order valence-electron chi connectivity index (χ3n) is 5.72. The number of nitrogens with one attached hydrogen (secondary N) is 3. The summed E-state index contributed by atoms with van der Waals surface area (Å²) in [5, 5.41) is 9.84. The Morgan fingerprint density at radius 1 is 0.900 bits per heavy atom. The minimum absolute atomic E-state index is 0.00835. The van der Waals surface area contributed by atoms with Gasteiger partial charge in [-0.25, -0.2) is 4.98 Å². The Kier molecular flexibility index (Phi) is 5.07. The Bertz CT molecular complexity index is 1020. The molecule has 152 valence electrons. The molecule has 6 nitrogen and oxygen atoms in total. The number of ketones is 1. The number of hydrogen-bond donors (Lipinski definition) is 3.